The van der Waals surface area contributed by atoms with E-state index in [1.165, 1.54) is 36.4 Å². The Morgan fingerprint density at radius 3 is 1.97 bits per heavy atom. The molecule has 3 aromatic carbocycles. The zero-order valence-corrected chi connectivity index (χ0v) is 19.6. The Morgan fingerprint density at radius 2 is 1.41 bits per heavy atom. The molecule has 0 fully saturated rings. The quantitative estimate of drug-likeness (QED) is 0.182. The molecule has 0 atom stereocenters. The molecule has 0 aliphatic heterocycles. The molecule has 34 heavy (non-hydrogen) atoms. The van der Waals surface area contributed by atoms with Gasteiger partial charge in [0.15, 0.2) is 0 Å². The van der Waals surface area contributed by atoms with Crippen LogP contribution in [0.3, 0.4) is 0 Å². The van der Waals surface area contributed by atoms with Crippen LogP contribution in [0.1, 0.15) is 21.5 Å². The molecule has 0 bridgehead atoms. The molecule has 0 aromatic heterocycles. The molecular weight excluding hydrogens is 500 g/mol. The van der Waals surface area contributed by atoms with Crippen LogP contribution in [-0.4, -0.2) is 37.0 Å². The second-order valence-corrected chi connectivity index (χ2v) is 9.74. The molecule has 0 spiro atoms. The van der Waals surface area contributed by atoms with Gasteiger partial charge in [0, 0.05) is 11.3 Å². The second kappa shape index (κ2) is 10.2. The van der Waals surface area contributed by atoms with Gasteiger partial charge in [0.05, 0.1) is 10.8 Å². The van der Waals surface area contributed by atoms with Crippen LogP contribution < -0.4 is 5.32 Å². The summed E-state index contributed by atoms with van der Waals surface area (Å²) in [6.45, 7) is 0. The summed E-state index contributed by atoms with van der Waals surface area (Å²) in [5.41, 5.74) is 0.617. The highest BCUT2D eigenvalue weighted by Crippen LogP contribution is 2.27. The number of aliphatic imine (C=N–C) groups is 1. The summed E-state index contributed by atoms with van der Waals surface area (Å²) in [5.74, 6) is -0.484. The zero-order chi connectivity index (χ0) is 24.9. The number of nitrogens with one attached hydrogen (secondary N) is 1. The molecule has 174 valence electrons. The molecule has 3 N–H and O–H groups in total. The lowest BCUT2D eigenvalue weighted by Crippen LogP contribution is -2.12. The molecule has 12 heteroatoms. The highest BCUT2D eigenvalue weighted by Gasteiger charge is 2.18. The van der Waals surface area contributed by atoms with E-state index in [-0.39, 0.29) is 22.5 Å². The summed E-state index contributed by atoms with van der Waals surface area (Å²) in [6.07, 6.45) is 2.47. The van der Waals surface area contributed by atoms with Gasteiger partial charge in [-0.1, -0.05) is 42.5 Å². The number of amides is 1. The van der Waals surface area contributed by atoms with E-state index >= 15 is 0 Å². The number of hydrogen-bond donors (Lipinski definition) is 3. The van der Waals surface area contributed by atoms with Crippen LogP contribution in [0.2, 0.25) is 0 Å². The third-order valence-corrected chi connectivity index (χ3v) is 6.39. The number of carbonyl (C=O) groups is 1. The van der Waals surface area contributed by atoms with E-state index in [2.05, 4.69) is 27.7 Å². The average molecular weight is 517 g/mol. The molecule has 0 aliphatic rings. The molecule has 0 saturated carbocycles. The third kappa shape index (κ3) is 6.29. The SMILES string of the molecule is O=C(Nc1ccc(C=Cc2ccc(N=C=S)cc2S(=O)(=O)O)c(S(=O)(=O)O)c1)c1ccccc1. The van der Waals surface area contributed by atoms with Gasteiger partial charge in [0.25, 0.3) is 26.1 Å². The Balaban J connectivity index is 2.01. The van der Waals surface area contributed by atoms with Crippen molar-refractivity contribution in [3.05, 3.63) is 83.4 Å². The highest BCUT2D eigenvalue weighted by atomic mass is 32.2. The minimum Gasteiger partial charge on any atom is -0.322 e. The normalized spacial score (nSPS) is 11.7. The van der Waals surface area contributed by atoms with E-state index in [1.807, 2.05) is 0 Å². The van der Waals surface area contributed by atoms with Gasteiger partial charge in [-0.15, -0.1) is 0 Å². The van der Waals surface area contributed by atoms with Crippen molar-refractivity contribution in [2.45, 2.75) is 9.79 Å². The van der Waals surface area contributed by atoms with Crippen LogP contribution in [0.25, 0.3) is 12.2 Å². The van der Waals surface area contributed by atoms with Crippen LogP contribution >= 0.6 is 12.2 Å². The van der Waals surface area contributed by atoms with Crippen molar-refractivity contribution >= 4 is 67.0 Å². The summed E-state index contributed by atoms with van der Waals surface area (Å²) in [4.78, 5) is 15.0. The first kappa shape index (κ1) is 25.1. The van der Waals surface area contributed by atoms with Gasteiger partial charge in [-0.3, -0.25) is 13.9 Å². The fraction of sp³-hybridized carbons (Fsp3) is 0. The van der Waals surface area contributed by atoms with Crippen LogP contribution in [0.4, 0.5) is 11.4 Å². The topological polar surface area (TPSA) is 150 Å². The van der Waals surface area contributed by atoms with E-state index in [1.54, 1.807) is 30.3 Å². The number of nitrogens with zero attached hydrogens (tertiary/aromatic N) is 1. The highest BCUT2D eigenvalue weighted by molar-refractivity contribution is 7.86. The van der Waals surface area contributed by atoms with E-state index in [0.717, 1.165) is 12.1 Å². The number of thiocarbonyl (C=S) groups is 1. The molecule has 0 saturated heterocycles. The maximum Gasteiger partial charge on any atom is 0.295 e. The first-order valence-electron chi connectivity index (χ1n) is 9.34. The van der Waals surface area contributed by atoms with Crippen LogP contribution in [0.15, 0.2) is 81.5 Å². The number of rotatable bonds is 7. The van der Waals surface area contributed by atoms with E-state index < -0.39 is 35.9 Å². The molecule has 0 aliphatic carbocycles. The predicted molar refractivity (Wildman–Crippen MR) is 131 cm³/mol. The summed E-state index contributed by atoms with van der Waals surface area (Å²) >= 11 is 4.48. The Morgan fingerprint density at radius 1 is 0.853 bits per heavy atom. The Bertz CT molecular complexity index is 1540. The Hall–Kier alpha value is -3.51. The molecule has 0 heterocycles. The number of hydrogen-bond acceptors (Lipinski definition) is 7. The zero-order valence-electron chi connectivity index (χ0n) is 17.1. The lowest BCUT2D eigenvalue weighted by Gasteiger charge is -2.09. The Labute approximate surface area is 201 Å². The van der Waals surface area contributed by atoms with Crippen LogP contribution in [0.5, 0.6) is 0 Å². The van der Waals surface area contributed by atoms with E-state index in [4.69, 9.17) is 0 Å². The number of benzene rings is 3. The minimum absolute atomic E-state index is 0.00230. The molecule has 0 radical (unpaired) electrons. The first-order chi connectivity index (χ1) is 16.0. The standard InChI is InChI=1S/C22H16N2O7S3/c25-22(17-4-2-1-3-5-17)24-19-11-9-16(21(13-19)34(29,30)31)7-6-15-8-10-18(23-14-32)12-20(15)33(26,27)28/h1-13H,(H,24,25)(H,26,27,28)(H,29,30,31). The fourth-order valence-electron chi connectivity index (χ4n) is 2.95. The van der Waals surface area contributed by atoms with Crippen molar-refractivity contribution in [1.29, 1.82) is 0 Å². The van der Waals surface area contributed by atoms with Gasteiger partial charge in [-0.2, -0.15) is 21.8 Å². The van der Waals surface area contributed by atoms with Crippen LogP contribution in [0, 0.1) is 0 Å². The first-order valence-corrected chi connectivity index (χ1v) is 12.6. The van der Waals surface area contributed by atoms with Gasteiger partial charge in [0.2, 0.25) is 0 Å². The molecule has 9 nitrogen and oxygen atoms in total. The lowest BCUT2D eigenvalue weighted by atomic mass is 10.1. The van der Waals surface area contributed by atoms with E-state index in [0.29, 0.717) is 5.56 Å². The third-order valence-electron chi connectivity index (χ3n) is 4.48. The van der Waals surface area contributed by atoms with Crippen LogP contribution in [-0.2, 0) is 20.2 Å². The van der Waals surface area contributed by atoms with Crippen molar-refractivity contribution in [3.8, 4) is 0 Å². The van der Waals surface area contributed by atoms with Gasteiger partial charge in [-0.05, 0) is 59.7 Å². The van der Waals surface area contributed by atoms with Crippen molar-refractivity contribution in [2.24, 2.45) is 4.99 Å². The van der Waals surface area contributed by atoms with E-state index in [9.17, 15) is 30.7 Å². The van der Waals surface area contributed by atoms with Gasteiger partial charge < -0.3 is 5.32 Å². The predicted octanol–water partition coefficient (Wildman–Crippen LogP) is 4.34. The number of isothiocyanates is 1. The second-order valence-electron chi connectivity index (χ2n) is 6.78. The number of carbonyl (C=O) groups excluding carboxylic acids is 1. The van der Waals surface area contributed by atoms with Crippen molar-refractivity contribution in [2.75, 3.05) is 5.32 Å². The largest absolute Gasteiger partial charge is 0.322 e. The fourth-order valence-corrected chi connectivity index (χ4v) is 4.47. The monoisotopic (exact) mass is 516 g/mol. The number of anilines is 1. The summed E-state index contributed by atoms with van der Waals surface area (Å²) in [5, 5.41) is 4.63. The van der Waals surface area contributed by atoms with Crippen molar-refractivity contribution in [1.82, 2.24) is 0 Å². The lowest BCUT2D eigenvalue weighted by molar-refractivity contribution is 0.102. The van der Waals surface area contributed by atoms with Gasteiger partial charge in [0.1, 0.15) is 9.79 Å². The van der Waals surface area contributed by atoms with Gasteiger partial charge >= 0.3 is 0 Å². The summed E-state index contributed by atoms with van der Waals surface area (Å²) in [7, 11) is -9.37. The molecular formula is C22H16N2O7S3. The van der Waals surface area contributed by atoms with Gasteiger partial charge in [-0.25, -0.2) is 0 Å². The summed E-state index contributed by atoms with van der Waals surface area (Å²) in [6, 6.07) is 15.8. The maximum absolute atomic E-state index is 12.3. The summed E-state index contributed by atoms with van der Waals surface area (Å²) < 4.78 is 66.7. The molecule has 3 rings (SSSR count). The van der Waals surface area contributed by atoms with Crippen molar-refractivity contribution < 1.29 is 30.7 Å². The smallest absolute Gasteiger partial charge is 0.295 e. The Kier molecular flexibility index (Phi) is 7.52. The molecule has 0 unspecified atom stereocenters. The van der Waals surface area contributed by atoms with Crippen molar-refractivity contribution in [3.63, 3.8) is 0 Å². The molecule has 3 aromatic rings. The minimum atomic E-state index is -4.72. The maximum atomic E-state index is 12.3. The average Bonchev–Trinajstić information content (AvgIpc) is 2.78. The molecule has 1 amide bonds.